The Hall–Kier alpha value is -3.38. The third-order valence-corrected chi connectivity index (χ3v) is 5.78. The van der Waals surface area contributed by atoms with Gasteiger partial charge in [0.05, 0.1) is 28.9 Å². The van der Waals surface area contributed by atoms with E-state index in [1.54, 1.807) is 39.8 Å². The molecule has 0 saturated carbocycles. The van der Waals surface area contributed by atoms with E-state index < -0.39 is 6.04 Å². The van der Waals surface area contributed by atoms with Gasteiger partial charge in [0.15, 0.2) is 5.76 Å². The average molecular weight is 464 g/mol. The van der Waals surface area contributed by atoms with E-state index in [1.165, 1.54) is 6.26 Å². The van der Waals surface area contributed by atoms with Crippen LogP contribution in [0.25, 0.3) is 16.6 Å². The zero-order chi connectivity index (χ0) is 23.7. The summed E-state index contributed by atoms with van der Waals surface area (Å²) in [4.78, 5) is 33.5. The standard InChI is InChI=1S/C26H26ClN3O3/c1-16(2)15-29(26(32)23-6-5-13-33-23)18(4)24-28-22-14-19(27)9-12-21(22)25(31)30(24)20-10-7-17(3)8-11-20/h5-14,16,18H,15H2,1-4H3. The van der Waals surface area contributed by atoms with Crippen LogP contribution in [0, 0.1) is 12.8 Å². The Morgan fingerprint density at radius 1 is 1.12 bits per heavy atom. The molecule has 1 amide bonds. The van der Waals surface area contributed by atoms with E-state index in [9.17, 15) is 9.59 Å². The molecule has 0 saturated heterocycles. The number of halogens is 1. The number of furan rings is 1. The van der Waals surface area contributed by atoms with E-state index in [1.807, 2.05) is 52.0 Å². The summed E-state index contributed by atoms with van der Waals surface area (Å²) in [5.41, 5.74) is 2.05. The normalized spacial score (nSPS) is 12.3. The van der Waals surface area contributed by atoms with Gasteiger partial charge >= 0.3 is 0 Å². The van der Waals surface area contributed by atoms with E-state index in [0.717, 1.165) is 5.56 Å². The van der Waals surface area contributed by atoms with Crippen molar-refractivity contribution in [1.29, 1.82) is 0 Å². The number of hydrogen-bond donors (Lipinski definition) is 0. The second-order valence-corrected chi connectivity index (χ2v) is 9.05. The number of fused-ring (bicyclic) bond motifs is 1. The molecule has 0 bridgehead atoms. The summed E-state index contributed by atoms with van der Waals surface area (Å²) >= 11 is 6.20. The number of rotatable bonds is 6. The highest BCUT2D eigenvalue weighted by Crippen LogP contribution is 2.26. The topological polar surface area (TPSA) is 68.3 Å². The zero-order valence-electron chi connectivity index (χ0n) is 19.1. The number of carbonyl (C=O) groups excluding carboxylic acids is 1. The molecule has 0 radical (unpaired) electrons. The molecule has 170 valence electrons. The zero-order valence-corrected chi connectivity index (χ0v) is 19.8. The van der Waals surface area contributed by atoms with Crippen molar-refractivity contribution in [3.63, 3.8) is 0 Å². The molecule has 0 fully saturated rings. The van der Waals surface area contributed by atoms with Gasteiger partial charge in [-0.3, -0.25) is 14.2 Å². The maximum atomic E-state index is 13.7. The third-order valence-electron chi connectivity index (χ3n) is 5.55. The van der Waals surface area contributed by atoms with Crippen LogP contribution in [0.15, 0.2) is 70.1 Å². The fourth-order valence-electron chi connectivity index (χ4n) is 3.89. The lowest BCUT2D eigenvalue weighted by atomic mass is 10.1. The molecule has 4 aromatic rings. The smallest absolute Gasteiger partial charge is 0.290 e. The molecule has 0 spiro atoms. The van der Waals surface area contributed by atoms with Crippen LogP contribution in [0.2, 0.25) is 5.02 Å². The molecule has 33 heavy (non-hydrogen) atoms. The second kappa shape index (κ2) is 9.24. The fourth-order valence-corrected chi connectivity index (χ4v) is 4.06. The predicted molar refractivity (Wildman–Crippen MR) is 130 cm³/mol. The summed E-state index contributed by atoms with van der Waals surface area (Å²) in [5.74, 6) is 0.646. The summed E-state index contributed by atoms with van der Waals surface area (Å²) in [7, 11) is 0. The van der Waals surface area contributed by atoms with Crippen LogP contribution in [-0.4, -0.2) is 26.9 Å². The Kier molecular flexibility index (Phi) is 6.38. The van der Waals surface area contributed by atoms with Crippen LogP contribution >= 0.6 is 11.6 Å². The predicted octanol–water partition coefficient (Wildman–Crippen LogP) is 5.80. The highest BCUT2D eigenvalue weighted by atomic mass is 35.5. The maximum Gasteiger partial charge on any atom is 0.290 e. The summed E-state index contributed by atoms with van der Waals surface area (Å²) in [5, 5.41) is 0.954. The average Bonchev–Trinajstić information content (AvgIpc) is 3.32. The number of aryl methyl sites for hydroxylation is 1. The number of hydrogen-bond acceptors (Lipinski definition) is 4. The van der Waals surface area contributed by atoms with Crippen molar-refractivity contribution >= 4 is 28.4 Å². The van der Waals surface area contributed by atoms with Gasteiger partial charge in [0.1, 0.15) is 5.82 Å². The van der Waals surface area contributed by atoms with Gasteiger partial charge in [0, 0.05) is 11.6 Å². The largest absolute Gasteiger partial charge is 0.459 e. The molecule has 0 aliphatic rings. The van der Waals surface area contributed by atoms with E-state index in [4.69, 9.17) is 21.0 Å². The van der Waals surface area contributed by atoms with Crippen LogP contribution in [0.3, 0.4) is 0 Å². The lowest BCUT2D eigenvalue weighted by Crippen LogP contribution is -2.39. The van der Waals surface area contributed by atoms with Crippen molar-refractivity contribution < 1.29 is 9.21 Å². The van der Waals surface area contributed by atoms with Gasteiger partial charge in [-0.15, -0.1) is 0 Å². The van der Waals surface area contributed by atoms with Crippen LogP contribution < -0.4 is 5.56 Å². The number of amides is 1. The van der Waals surface area contributed by atoms with Gasteiger partial charge in [-0.25, -0.2) is 4.98 Å². The van der Waals surface area contributed by atoms with Gasteiger partial charge in [-0.1, -0.05) is 43.1 Å². The molecule has 7 heteroatoms. The van der Waals surface area contributed by atoms with Crippen LogP contribution in [0.1, 0.15) is 48.8 Å². The first-order valence-electron chi connectivity index (χ1n) is 10.9. The first-order chi connectivity index (χ1) is 15.8. The molecule has 2 heterocycles. The number of benzene rings is 2. The molecule has 6 nitrogen and oxygen atoms in total. The second-order valence-electron chi connectivity index (χ2n) is 8.61. The quantitative estimate of drug-likeness (QED) is 0.362. The summed E-state index contributed by atoms with van der Waals surface area (Å²) < 4.78 is 6.97. The Balaban J connectivity index is 1.94. The van der Waals surface area contributed by atoms with Crippen LogP contribution in [0.5, 0.6) is 0 Å². The minimum atomic E-state index is -0.512. The van der Waals surface area contributed by atoms with Gasteiger partial charge in [-0.2, -0.15) is 0 Å². The van der Waals surface area contributed by atoms with E-state index in [2.05, 4.69) is 0 Å². The van der Waals surface area contributed by atoms with Crippen LogP contribution in [0.4, 0.5) is 0 Å². The van der Waals surface area contributed by atoms with Crippen molar-refractivity contribution in [2.24, 2.45) is 5.92 Å². The Bertz CT molecular complexity index is 1340. The Morgan fingerprint density at radius 2 is 1.85 bits per heavy atom. The summed E-state index contributed by atoms with van der Waals surface area (Å²) in [6.45, 7) is 8.42. The molecule has 0 aliphatic carbocycles. The molecular weight excluding hydrogens is 438 g/mol. The van der Waals surface area contributed by atoms with Crippen LogP contribution in [-0.2, 0) is 0 Å². The van der Waals surface area contributed by atoms with Crippen molar-refractivity contribution in [3.8, 4) is 5.69 Å². The molecule has 1 atom stereocenters. The van der Waals surface area contributed by atoms with Crippen molar-refractivity contribution in [2.45, 2.75) is 33.7 Å². The third kappa shape index (κ3) is 4.57. The summed E-state index contributed by atoms with van der Waals surface area (Å²) in [6.07, 6.45) is 1.48. The van der Waals surface area contributed by atoms with E-state index >= 15 is 0 Å². The Labute approximate surface area is 197 Å². The minimum absolute atomic E-state index is 0.195. The maximum absolute atomic E-state index is 13.7. The molecule has 1 unspecified atom stereocenters. The van der Waals surface area contributed by atoms with Crippen molar-refractivity contribution in [3.05, 3.63) is 93.4 Å². The van der Waals surface area contributed by atoms with E-state index in [0.29, 0.717) is 34.0 Å². The first-order valence-corrected chi connectivity index (χ1v) is 11.3. The number of aromatic nitrogens is 2. The lowest BCUT2D eigenvalue weighted by molar-refractivity contribution is 0.0622. The highest BCUT2D eigenvalue weighted by Gasteiger charge is 2.29. The van der Waals surface area contributed by atoms with Gasteiger partial charge < -0.3 is 9.32 Å². The lowest BCUT2D eigenvalue weighted by Gasteiger charge is -2.31. The molecule has 4 rings (SSSR count). The SMILES string of the molecule is Cc1ccc(-n2c(C(C)N(CC(C)C)C(=O)c3ccco3)nc3cc(Cl)ccc3c2=O)cc1. The molecule has 2 aromatic heterocycles. The first kappa shape index (κ1) is 22.8. The monoisotopic (exact) mass is 463 g/mol. The van der Waals surface area contributed by atoms with Gasteiger partial charge in [-0.05, 0) is 62.2 Å². The highest BCUT2D eigenvalue weighted by molar-refractivity contribution is 6.31. The van der Waals surface area contributed by atoms with E-state index in [-0.39, 0.29) is 23.1 Å². The molecule has 2 aromatic carbocycles. The minimum Gasteiger partial charge on any atom is -0.459 e. The summed E-state index contributed by atoms with van der Waals surface area (Å²) in [6, 6.07) is 15.5. The Morgan fingerprint density at radius 3 is 2.48 bits per heavy atom. The fraction of sp³-hybridized carbons (Fsp3) is 0.269. The van der Waals surface area contributed by atoms with Crippen molar-refractivity contribution in [1.82, 2.24) is 14.5 Å². The molecular formula is C26H26ClN3O3. The molecule has 0 aliphatic heterocycles. The van der Waals surface area contributed by atoms with Crippen molar-refractivity contribution in [2.75, 3.05) is 6.54 Å². The molecule has 0 N–H and O–H groups in total. The number of nitrogens with zero attached hydrogens (tertiary/aromatic N) is 3. The van der Waals surface area contributed by atoms with Gasteiger partial charge in [0.25, 0.3) is 11.5 Å². The van der Waals surface area contributed by atoms with Gasteiger partial charge in [0.2, 0.25) is 0 Å². The number of carbonyl (C=O) groups is 1.